The zero-order chi connectivity index (χ0) is 24.1. The maximum Gasteiger partial charge on any atom is 0.243 e. The molecule has 182 valence electrons. The van der Waals surface area contributed by atoms with Crippen LogP contribution in [0.3, 0.4) is 0 Å². The molecule has 0 bridgehead atoms. The normalized spacial score (nSPS) is 18.0. The van der Waals surface area contributed by atoms with E-state index in [0.717, 1.165) is 50.4 Å². The monoisotopic (exact) mass is 438 g/mol. The van der Waals surface area contributed by atoms with E-state index in [1.165, 1.54) is 32.1 Å². The highest BCUT2D eigenvalue weighted by Crippen LogP contribution is 2.30. The number of ether oxygens (including phenoxy) is 1. The Morgan fingerprint density at radius 2 is 1.65 bits per heavy atom. The van der Waals surface area contributed by atoms with Crippen LogP contribution in [0, 0.1) is 11.3 Å². The van der Waals surface area contributed by atoms with Gasteiger partial charge in [0.1, 0.15) is 0 Å². The van der Waals surface area contributed by atoms with Crippen LogP contribution in [0.15, 0.2) is 23.9 Å². The number of hydrogen-bond donors (Lipinski definition) is 3. The summed E-state index contributed by atoms with van der Waals surface area (Å²) in [6.07, 6.45) is 11.3. The smallest absolute Gasteiger partial charge is 0.243 e. The van der Waals surface area contributed by atoms with Gasteiger partial charge in [0, 0.05) is 32.1 Å². The van der Waals surface area contributed by atoms with Crippen LogP contribution in [-0.4, -0.2) is 42.9 Å². The number of aliphatic hydroxyl groups is 1. The van der Waals surface area contributed by atoms with Gasteiger partial charge in [-0.05, 0) is 56.6 Å². The minimum atomic E-state index is -0.611. The number of rotatable bonds is 7. The van der Waals surface area contributed by atoms with Crippen LogP contribution in [0.25, 0.3) is 0 Å². The van der Waals surface area contributed by atoms with Gasteiger partial charge in [-0.2, -0.15) is 0 Å². The molecule has 31 heavy (non-hydrogen) atoms. The fourth-order valence-electron chi connectivity index (χ4n) is 3.46. The Labute approximate surface area is 192 Å². The van der Waals surface area contributed by atoms with E-state index in [2.05, 4.69) is 44.9 Å². The quantitative estimate of drug-likeness (QED) is 0.469. The van der Waals surface area contributed by atoms with Gasteiger partial charge in [-0.15, -0.1) is 0 Å². The second-order valence-electron chi connectivity index (χ2n) is 10.3. The molecular weight excluding hydrogens is 388 g/mol. The third-order valence-electron chi connectivity index (χ3n) is 5.94. The summed E-state index contributed by atoms with van der Waals surface area (Å²) in [5, 5.41) is 13.4. The molecule has 5 heteroatoms. The summed E-state index contributed by atoms with van der Waals surface area (Å²) in [6, 6.07) is 0.336. The third-order valence-corrected chi connectivity index (χ3v) is 5.94. The summed E-state index contributed by atoms with van der Waals surface area (Å²) in [5.41, 5.74) is 1.22. The molecule has 2 aliphatic rings. The van der Waals surface area contributed by atoms with Crippen LogP contribution < -0.4 is 10.6 Å². The van der Waals surface area contributed by atoms with Crippen molar-refractivity contribution in [3.63, 3.8) is 0 Å². The van der Waals surface area contributed by atoms with E-state index in [1.54, 1.807) is 0 Å². The molecule has 0 aromatic carbocycles. The minimum Gasteiger partial charge on any atom is -0.400 e. The first kappa shape index (κ1) is 29.8. The van der Waals surface area contributed by atoms with Crippen molar-refractivity contribution in [2.45, 2.75) is 105 Å². The maximum atomic E-state index is 12.5. The molecule has 0 aromatic heterocycles. The van der Waals surface area contributed by atoms with Crippen molar-refractivity contribution >= 4 is 5.91 Å². The van der Waals surface area contributed by atoms with Crippen molar-refractivity contribution in [1.82, 2.24) is 10.6 Å². The summed E-state index contributed by atoms with van der Waals surface area (Å²) in [5.74, 6) is 1.11. The van der Waals surface area contributed by atoms with E-state index in [9.17, 15) is 4.79 Å². The average Bonchev–Trinajstić information content (AvgIpc) is 2.66. The molecule has 1 amide bonds. The van der Waals surface area contributed by atoms with Crippen molar-refractivity contribution in [3.05, 3.63) is 23.9 Å². The maximum absolute atomic E-state index is 12.5. The van der Waals surface area contributed by atoms with E-state index in [0.29, 0.717) is 6.04 Å². The second-order valence-corrected chi connectivity index (χ2v) is 10.3. The molecule has 0 aromatic rings. The first-order valence-corrected chi connectivity index (χ1v) is 11.9. The molecular formula is C26H50N2O3. The number of carbonyl (C=O) groups is 1. The topological polar surface area (TPSA) is 70.6 Å². The van der Waals surface area contributed by atoms with Gasteiger partial charge in [-0.25, -0.2) is 0 Å². The summed E-state index contributed by atoms with van der Waals surface area (Å²) in [4.78, 5) is 12.5. The average molecular weight is 439 g/mol. The molecule has 3 N–H and O–H groups in total. The molecule has 0 unspecified atom stereocenters. The Balaban J connectivity index is 0.000000831. The number of allylic oxidation sites excluding steroid dienone is 3. The Kier molecular flexibility index (Phi) is 14.3. The molecule has 2 rings (SSSR count). The zero-order valence-corrected chi connectivity index (χ0v) is 21.6. The van der Waals surface area contributed by atoms with Gasteiger partial charge in [0.15, 0.2) is 0 Å². The number of aliphatic hydroxyl groups excluding tert-OH is 1. The second kappa shape index (κ2) is 14.8. The van der Waals surface area contributed by atoms with Gasteiger partial charge in [0.2, 0.25) is 5.91 Å². The van der Waals surface area contributed by atoms with E-state index in [-0.39, 0.29) is 11.3 Å². The van der Waals surface area contributed by atoms with Crippen molar-refractivity contribution in [2.75, 3.05) is 20.3 Å². The van der Waals surface area contributed by atoms with Crippen LogP contribution >= 0.6 is 0 Å². The molecule has 2 fully saturated rings. The predicted molar refractivity (Wildman–Crippen MR) is 132 cm³/mol. The summed E-state index contributed by atoms with van der Waals surface area (Å²) < 4.78 is 5.36. The van der Waals surface area contributed by atoms with E-state index >= 15 is 0 Å². The van der Waals surface area contributed by atoms with Gasteiger partial charge in [-0.3, -0.25) is 4.79 Å². The predicted octanol–water partition coefficient (Wildman–Crippen LogP) is 5.35. The Hall–Kier alpha value is -1.17. The molecule has 5 nitrogen and oxygen atoms in total. The Bertz CT molecular complexity index is 551. The molecule has 1 aliphatic carbocycles. The fraction of sp³-hybridized carbons (Fsp3) is 0.808. The highest BCUT2D eigenvalue weighted by molar-refractivity contribution is 5.86. The van der Waals surface area contributed by atoms with Crippen LogP contribution in [0.1, 0.15) is 93.4 Å². The number of hydrogen-bond acceptors (Lipinski definition) is 4. The SMILES string of the molecule is C=C(/C=C(\C)NC(=O)C(C)(C)NC1CCOCC1)C(C)(C)C.CCCC1CCC1.CO. The first-order valence-electron chi connectivity index (χ1n) is 11.9. The van der Waals surface area contributed by atoms with Gasteiger partial charge in [0.25, 0.3) is 0 Å². The number of amides is 1. The van der Waals surface area contributed by atoms with Crippen molar-refractivity contribution in [2.24, 2.45) is 11.3 Å². The fourth-order valence-corrected chi connectivity index (χ4v) is 3.46. The van der Waals surface area contributed by atoms with Gasteiger partial charge in [0.05, 0.1) is 5.54 Å². The number of carbonyl (C=O) groups excluding carboxylic acids is 1. The van der Waals surface area contributed by atoms with Crippen molar-refractivity contribution < 1.29 is 14.6 Å². The standard InChI is InChI=1S/C18H32N2O2.C7H14.CH4O/c1-13(17(3,4)5)12-14(2)19-16(21)18(6,7)20-15-8-10-22-11-9-15;1-2-4-7-5-3-6-7;1-2/h12,15,20H,1,8-11H2,2-7H3,(H,19,21);7H,2-6H2,1H3;2H,1H3/b14-12+;;. The van der Waals surface area contributed by atoms with Crippen LogP contribution in [-0.2, 0) is 9.53 Å². The van der Waals surface area contributed by atoms with E-state index in [1.807, 2.05) is 26.8 Å². The minimum absolute atomic E-state index is 0.00184. The first-order chi connectivity index (χ1) is 14.5. The molecule has 1 saturated heterocycles. The zero-order valence-electron chi connectivity index (χ0n) is 21.6. The lowest BCUT2D eigenvalue weighted by Gasteiger charge is -2.33. The molecule has 1 heterocycles. The van der Waals surface area contributed by atoms with Crippen LogP contribution in [0.4, 0.5) is 0 Å². The molecule has 1 saturated carbocycles. The number of nitrogens with one attached hydrogen (secondary N) is 2. The Morgan fingerprint density at radius 3 is 2.03 bits per heavy atom. The summed E-state index contributed by atoms with van der Waals surface area (Å²) in [6.45, 7) is 19.9. The largest absolute Gasteiger partial charge is 0.400 e. The van der Waals surface area contributed by atoms with Crippen molar-refractivity contribution in [1.29, 1.82) is 0 Å². The highest BCUT2D eigenvalue weighted by Gasteiger charge is 2.31. The highest BCUT2D eigenvalue weighted by atomic mass is 16.5. The third kappa shape index (κ3) is 12.4. The van der Waals surface area contributed by atoms with Gasteiger partial charge < -0.3 is 20.5 Å². The lowest BCUT2D eigenvalue weighted by Crippen LogP contribution is -2.56. The van der Waals surface area contributed by atoms with Gasteiger partial charge in [-0.1, -0.05) is 66.4 Å². The van der Waals surface area contributed by atoms with Crippen LogP contribution in [0.2, 0.25) is 0 Å². The lowest BCUT2D eigenvalue weighted by molar-refractivity contribution is -0.126. The van der Waals surface area contributed by atoms with E-state index in [4.69, 9.17) is 9.84 Å². The van der Waals surface area contributed by atoms with Gasteiger partial charge >= 0.3 is 0 Å². The van der Waals surface area contributed by atoms with E-state index < -0.39 is 5.54 Å². The summed E-state index contributed by atoms with van der Waals surface area (Å²) >= 11 is 0. The summed E-state index contributed by atoms with van der Waals surface area (Å²) in [7, 11) is 1.00. The Morgan fingerprint density at radius 1 is 1.10 bits per heavy atom. The molecule has 1 aliphatic heterocycles. The van der Waals surface area contributed by atoms with Crippen LogP contribution in [0.5, 0.6) is 0 Å². The lowest BCUT2D eigenvalue weighted by atomic mass is 9.82. The molecule has 0 radical (unpaired) electrons. The van der Waals surface area contributed by atoms with Crippen molar-refractivity contribution in [3.8, 4) is 0 Å². The molecule has 0 atom stereocenters. The molecule has 0 spiro atoms.